The van der Waals surface area contributed by atoms with Gasteiger partial charge in [0, 0.05) is 12.8 Å². The van der Waals surface area contributed by atoms with Gasteiger partial charge in [-0.15, -0.1) is 0 Å². The fraction of sp³-hybridized carbons (Fsp3) is 0.851. The van der Waals surface area contributed by atoms with Crippen LogP contribution in [0, 0.1) is 0 Å². The van der Waals surface area contributed by atoms with E-state index < -0.39 is 24.3 Å². The van der Waals surface area contributed by atoms with Crippen LogP contribution in [-0.2, 0) is 33.3 Å². The maximum Gasteiger partial charge on any atom is 0.306 e. The van der Waals surface area contributed by atoms with Crippen LogP contribution in [0.2, 0.25) is 0 Å². The Morgan fingerprint density at radius 2 is 0.964 bits per heavy atom. The van der Waals surface area contributed by atoms with Gasteiger partial charge in [0.15, 0.2) is 12.4 Å². The molecule has 2 unspecified atom stereocenters. The summed E-state index contributed by atoms with van der Waals surface area (Å²) in [5.41, 5.74) is 0. The topological polar surface area (TPSA) is 111 Å². The number of hydrogen-bond acceptors (Lipinski definition) is 8. The molecule has 0 amide bonds. The highest BCUT2D eigenvalue weighted by atomic mass is 16.7. The average Bonchev–Trinajstić information content (AvgIpc) is 3.15. The first-order valence-electron chi connectivity index (χ1n) is 23.0. The third-order valence-electron chi connectivity index (χ3n) is 9.95. The van der Waals surface area contributed by atoms with Crippen molar-refractivity contribution in [2.45, 2.75) is 212 Å². The Morgan fingerprint density at radius 1 is 0.536 bits per heavy atom. The van der Waals surface area contributed by atoms with Gasteiger partial charge in [-0.05, 0) is 44.9 Å². The van der Waals surface area contributed by atoms with Crippen LogP contribution in [0.25, 0.3) is 0 Å². The second-order valence-electron chi connectivity index (χ2n) is 16.7. The van der Waals surface area contributed by atoms with E-state index in [0.717, 1.165) is 44.9 Å². The van der Waals surface area contributed by atoms with Gasteiger partial charge in [-0.2, -0.15) is 0 Å². The van der Waals surface area contributed by atoms with Crippen molar-refractivity contribution in [2.24, 2.45) is 0 Å². The normalized spacial score (nSPS) is 13.1. The summed E-state index contributed by atoms with van der Waals surface area (Å²) < 4.78 is 22.5. The number of unbranched alkanes of at least 4 members (excludes halogenated alkanes) is 23. The lowest BCUT2D eigenvalue weighted by Gasteiger charge is -2.26. The highest BCUT2D eigenvalue weighted by Crippen LogP contribution is 2.15. The minimum absolute atomic E-state index is 0.149. The molecule has 2 atom stereocenters. The molecule has 0 aliphatic rings. The van der Waals surface area contributed by atoms with Crippen molar-refractivity contribution < 1.29 is 42.9 Å². The van der Waals surface area contributed by atoms with E-state index in [1.54, 1.807) is 0 Å². The molecule has 0 aliphatic carbocycles. The van der Waals surface area contributed by atoms with E-state index in [9.17, 15) is 19.5 Å². The van der Waals surface area contributed by atoms with Crippen LogP contribution in [0.3, 0.4) is 0 Å². The minimum atomic E-state index is -1.62. The Balaban J connectivity index is 4.25. The lowest BCUT2D eigenvalue weighted by Crippen LogP contribution is -2.44. The number of likely N-dealkylation sites (N-methyl/N-ethyl adjacent to an activating group) is 1. The molecule has 0 spiro atoms. The van der Waals surface area contributed by atoms with Gasteiger partial charge in [0.1, 0.15) is 13.2 Å². The number of hydrogen-bond donors (Lipinski definition) is 0. The number of quaternary nitrogens is 1. The first-order chi connectivity index (χ1) is 27.1. The van der Waals surface area contributed by atoms with Crippen LogP contribution in [0.5, 0.6) is 0 Å². The van der Waals surface area contributed by atoms with E-state index in [0.29, 0.717) is 23.9 Å². The summed E-state index contributed by atoms with van der Waals surface area (Å²) in [6.45, 7) is 4.70. The van der Waals surface area contributed by atoms with Crippen LogP contribution in [0.1, 0.15) is 200 Å². The lowest BCUT2D eigenvalue weighted by atomic mass is 10.0. The number of carbonyl (C=O) groups excluding carboxylic acids is 3. The van der Waals surface area contributed by atoms with Crippen molar-refractivity contribution in [3.8, 4) is 0 Å². The van der Waals surface area contributed by atoms with E-state index in [2.05, 4.69) is 38.2 Å². The summed E-state index contributed by atoms with van der Waals surface area (Å²) in [5, 5.41) is 11.7. The number of carboxylic acid groups (broad SMARTS) is 1. The molecule has 0 aromatic carbocycles. The first-order valence-corrected chi connectivity index (χ1v) is 23.0. The molecule has 0 heterocycles. The van der Waals surface area contributed by atoms with Gasteiger partial charge < -0.3 is 33.3 Å². The van der Waals surface area contributed by atoms with Gasteiger partial charge in [-0.1, -0.05) is 167 Å². The number of carbonyl (C=O) groups is 3. The minimum Gasteiger partial charge on any atom is -0.545 e. The van der Waals surface area contributed by atoms with Crippen molar-refractivity contribution in [1.82, 2.24) is 0 Å². The van der Waals surface area contributed by atoms with Gasteiger partial charge in [0.05, 0.1) is 40.3 Å². The van der Waals surface area contributed by atoms with Crippen LogP contribution in [0.15, 0.2) is 24.3 Å². The van der Waals surface area contributed by atoms with Crippen LogP contribution < -0.4 is 5.11 Å². The maximum atomic E-state index is 12.7. The lowest BCUT2D eigenvalue weighted by molar-refractivity contribution is -0.870. The smallest absolute Gasteiger partial charge is 0.306 e. The van der Waals surface area contributed by atoms with Gasteiger partial charge in [0.2, 0.25) is 0 Å². The summed E-state index contributed by atoms with van der Waals surface area (Å²) in [6.07, 6.45) is 39.4. The molecule has 0 rings (SSSR count). The summed E-state index contributed by atoms with van der Waals surface area (Å²) >= 11 is 0. The zero-order valence-corrected chi connectivity index (χ0v) is 37.0. The molecule has 0 fully saturated rings. The van der Waals surface area contributed by atoms with Crippen molar-refractivity contribution in [1.29, 1.82) is 0 Å². The molecule has 328 valence electrons. The second-order valence-corrected chi connectivity index (χ2v) is 16.7. The Morgan fingerprint density at radius 3 is 1.41 bits per heavy atom. The third-order valence-corrected chi connectivity index (χ3v) is 9.95. The van der Waals surface area contributed by atoms with E-state index in [4.69, 9.17) is 18.9 Å². The molecule has 56 heavy (non-hydrogen) atoms. The predicted molar refractivity (Wildman–Crippen MR) is 228 cm³/mol. The van der Waals surface area contributed by atoms with Crippen molar-refractivity contribution >= 4 is 17.9 Å². The van der Waals surface area contributed by atoms with Gasteiger partial charge >= 0.3 is 11.9 Å². The highest BCUT2D eigenvalue weighted by molar-refractivity contribution is 5.70. The Labute approximate surface area is 344 Å². The van der Waals surface area contributed by atoms with Crippen molar-refractivity contribution in [2.75, 3.05) is 47.5 Å². The van der Waals surface area contributed by atoms with Crippen LogP contribution >= 0.6 is 0 Å². The molecular formula is C47H87NO8. The number of rotatable bonds is 42. The summed E-state index contributed by atoms with van der Waals surface area (Å²) in [6, 6.07) is 0. The molecule has 0 N–H and O–H groups in total. The summed E-state index contributed by atoms with van der Waals surface area (Å²) in [5.74, 6) is -2.29. The van der Waals surface area contributed by atoms with Crippen molar-refractivity contribution in [3.63, 3.8) is 0 Å². The number of nitrogens with zero attached hydrogens (tertiary/aromatic N) is 1. The average molecular weight is 794 g/mol. The molecule has 0 aliphatic heterocycles. The molecular weight excluding hydrogens is 707 g/mol. The number of aliphatic carboxylic acids is 1. The Hall–Kier alpha value is -2.23. The number of ether oxygens (including phenoxy) is 4. The Kier molecular flexibility index (Phi) is 38.0. The van der Waals surface area contributed by atoms with E-state index >= 15 is 0 Å². The molecule has 9 nitrogen and oxygen atoms in total. The molecule has 0 aromatic heterocycles. The standard InChI is InChI=1S/C47H87NO8/c1-6-8-10-12-14-16-17-18-19-20-21-22-23-24-25-26-27-28-29-30-32-34-36-38-45(50)56-43(42-55-47(46(51)52)53-40-39-48(3,4)5)41-54-44(49)37-35-33-31-15-13-11-9-7-2/h17-18,20-21,43,47H,6-16,19,22-42H2,1-5H3/b18-17-,21-20-. The fourth-order valence-corrected chi connectivity index (χ4v) is 6.33. The maximum absolute atomic E-state index is 12.7. The zero-order valence-electron chi connectivity index (χ0n) is 37.0. The van der Waals surface area contributed by atoms with Crippen molar-refractivity contribution in [3.05, 3.63) is 24.3 Å². The van der Waals surface area contributed by atoms with E-state index in [1.165, 1.54) is 122 Å². The van der Waals surface area contributed by atoms with E-state index in [1.807, 2.05) is 21.1 Å². The molecule has 0 saturated heterocycles. The summed E-state index contributed by atoms with van der Waals surface area (Å²) in [7, 11) is 5.90. The largest absolute Gasteiger partial charge is 0.545 e. The van der Waals surface area contributed by atoms with Gasteiger partial charge in [-0.3, -0.25) is 9.59 Å². The van der Waals surface area contributed by atoms with E-state index in [-0.39, 0.29) is 32.2 Å². The molecule has 9 heteroatoms. The monoisotopic (exact) mass is 794 g/mol. The zero-order chi connectivity index (χ0) is 41.4. The summed E-state index contributed by atoms with van der Waals surface area (Å²) in [4.78, 5) is 36.8. The molecule has 0 radical (unpaired) electrons. The predicted octanol–water partition coefficient (Wildman–Crippen LogP) is 10.7. The quantitative estimate of drug-likeness (QED) is 0.0197. The highest BCUT2D eigenvalue weighted by Gasteiger charge is 2.21. The third kappa shape index (κ3) is 40.0. The van der Waals surface area contributed by atoms with Crippen LogP contribution in [0.4, 0.5) is 0 Å². The number of allylic oxidation sites excluding steroid dienone is 4. The molecule has 0 bridgehead atoms. The second kappa shape index (κ2) is 39.6. The first kappa shape index (κ1) is 53.8. The fourth-order valence-electron chi connectivity index (χ4n) is 6.33. The van der Waals surface area contributed by atoms with Gasteiger partial charge in [0.25, 0.3) is 0 Å². The van der Waals surface area contributed by atoms with Crippen LogP contribution in [-0.4, -0.2) is 82.3 Å². The van der Waals surface area contributed by atoms with Gasteiger partial charge in [-0.25, -0.2) is 0 Å². The number of carboxylic acids is 1. The Bertz CT molecular complexity index is 976. The SMILES string of the molecule is CCCCCCC/C=C\C/C=C\CCCCCCCCCCCCCC(=O)OC(COC(=O)CCCCCCCCCC)COC(OCC[N+](C)(C)C)C(=O)[O-]. The molecule has 0 saturated carbocycles. The molecule has 0 aromatic rings. The number of esters is 2.